The van der Waals surface area contributed by atoms with Gasteiger partial charge in [0.05, 0.1) is 31.2 Å². The minimum Gasteiger partial charge on any atom is -0.378 e. The molecular weight excluding hydrogens is 290 g/mol. The number of alkyl halides is 1. The summed E-state index contributed by atoms with van der Waals surface area (Å²) in [6.45, 7) is 0.980. The predicted octanol–water partition coefficient (Wildman–Crippen LogP) is 1.42. The van der Waals surface area contributed by atoms with Gasteiger partial charge < -0.3 is 9.64 Å². The van der Waals surface area contributed by atoms with E-state index in [4.69, 9.17) is 4.74 Å². The Bertz CT molecular complexity index is 593. The molecule has 2 aliphatic rings. The van der Waals surface area contributed by atoms with Crippen LogP contribution in [0.3, 0.4) is 0 Å². The molecule has 3 rings (SSSR count). The quantitative estimate of drug-likeness (QED) is 0.847. The zero-order chi connectivity index (χ0) is 15.5. The molecule has 7 heteroatoms. The largest absolute Gasteiger partial charge is 0.378 e. The third-order valence-corrected chi connectivity index (χ3v) is 3.88. The lowest BCUT2D eigenvalue weighted by atomic mass is 10.1. The number of allylic oxidation sites excluding steroid dienone is 1. The van der Waals surface area contributed by atoms with Crippen molar-refractivity contribution in [1.82, 2.24) is 14.8 Å². The van der Waals surface area contributed by atoms with Crippen LogP contribution in [0.4, 0.5) is 8.78 Å². The van der Waals surface area contributed by atoms with Crippen LogP contribution in [0.5, 0.6) is 0 Å². The van der Waals surface area contributed by atoms with Gasteiger partial charge in [-0.3, -0.25) is 9.88 Å². The summed E-state index contributed by atoms with van der Waals surface area (Å²) < 4.78 is 32.4. The SMILES string of the molecule is CN1C=CC(c2ccncc2F)=NC1N1CCOC[C@H]1CF. The number of hydrogen-bond donors (Lipinski definition) is 0. The molecule has 5 nitrogen and oxygen atoms in total. The van der Waals surface area contributed by atoms with E-state index in [1.54, 1.807) is 12.1 Å². The van der Waals surface area contributed by atoms with Crippen LogP contribution in [0.1, 0.15) is 5.56 Å². The molecule has 0 saturated carbocycles. The van der Waals surface area contributed by atoms with E-state index in [1.165, 1.54) is 6.20 Å². The van der Waals surface area contributed by atoms with E-state index in [1.807, 2.05) is 23.0 Å². The molecule has 0 amide bonds. The Labute approximate surface area is 127 Å². The molecule has 0 bridgehead atoms. The molecule has 2 aliphatic heterocycles. The highest BCUT2D eigenvalue weighted by molar-refractivity contribution is 6.09. The first-order chi connectivity index (χ1) is 10.7. The van der Waals surface area contributed by atoms with Crippen LogP contribution >= 0.6 is 0 Å². The number of rotatable bonds is 3. The number of pyridine rings is 1. The summed E-state index contributed by atoms with van der Waals surface area (Å²) in [5, 5.41) is 0. The van der Waals surface area contributed by atoms with E-state index in [0.717, 1.165) is 6.20 Å². The van der Waals surface area contributed by atoms with Crippen molar-refractivity contribution in [3.63, 3.8) is 0 Å². The minimum atomic E-state index is -0.497. The first kappa shape index (κ1) is 15.1. The summed E-state index contributed by atoms with van der Waals surface area (Å²) in [6, 6.07) is 1.26. The van der Waals surface area contributed by atoms with Crippen LogP contribution in [0.15, 0.2) is 35.7 Å². The van der Waals surface area contributed by atoms with Crippen LogP contribution in [-0.2, 0) is 4.74 Å². The lowest BCUT2D eigenvalue weighted by molar-refractivity contribution is -0.0608. The fraction of sp³-hybridized carbons (Fsp3) is 0.467. The Morgan fingerprint density at radius 3 is 3.09 bits per heavy atom. The molecule has 118 valence electrons. The van der Waals surface area contributed by atoms with Crippen LogP contribution < -0.4 is 0 Å². The van der Waals surface area contributed by atoms with Gasteiger partial charge in [0.2, 0.25) is 0 Å². The van der Waals surface area contributed by atoms with Gasteiger partial charge in [-0.15, -0.1) is 0 Å². The number of nitrogens with zero attached hydrogens (tertiary/aromatic N) is 4. The number of morpholine rings is 1. The molecule has 1 aromatic heterocycles. The Morgan fingerprint density at radius 1 is 1.45 bits per heavy atom. The number of aliphatic imine (C=N–C) groups is 1. The Balaban J connectivity index is 1.90. The van der Waals surface area contributed by atoms with Gasteiger partial charge in [0, 0.05) is 31.6 Å². The monoisotopic (exact) mass is 308 g/mol. The zero-order valence-electron chi connectivity index (χ0n) is 12.3. The minimum absolute atomic E-state index is 0.333. The summed E-state index contributed by atoms with van der Waals surface area (Å²) in [6.07, 6.45) is 5.91. The van der Waals surface area contributed by atoms with Crippen LogP contribution in [0, 0.1) is 5.82 Å². The maximum atomic E-state index is 13.9. The maximum Gasteiger partial charge on any atom is 0.179 e. The molecule has 0 spiro atoms. The molecule has 0 aromatic carbocycles. The number of hydrogen-bond acceptors (Lipinski definition) is 5. The van der Waals surface area contributed by atoms with Crippen LogP contribution in [0.2, 0.25) is 0 Å². The second-order valence-corrected chi connectivity index (χ2v) is 5.32. The molecule has 22 heavy (non-hydrogen) atoms. The summed E-state index contributed by atoms with van der Waals surface area (Å²) in [5.41, 5.74) is 0.932. The third kappa shape index (κ3) is 2.86. The van der Waals surface area contributed by atoms with Crippen LogP contribution in [-0.4, -0.2) is 66.3 Å². The highest BCUT2D eigenvalue weighted by Gasteiger charge is 2.32. The van der Waals surface area contributed by atoms with E-state index in [-0.39, 0.29) is 12.3 Å². The van der Waals surface area contributed by atoms with Gasteiger partial charge in [-0.25, -0.2) is 13.8 Å². The Morgan fingerprint density at radius 2 is 2.32 bits per heavy atom. The van der Waals surface area contributed by atoms with Crippen molar-refractivity contribution in [3.05, 3.63) is 42.1 Å². The first-order valence-electron chi connectivity index (χ1n) is 7.18. The lowest BCUT2D eigenvalue weighted by Crippen LogP contribution is -2.56. The van der Waals surface area contributed by atoms with Gasteiger partial charge in [0.25, 0.3) is 0 Å². The smallest absolute Gasteiger partial charge is 0.179 e. The van der Waals surface area contributed by atoms with Gasteiger partial charge in [-0.1, -0.05) is 0 Å². The number of aromatic nitrogens is 1. The van der Waals surface area contributed by atoms with E-state index in [2.05, 4.69) is 9.98 Å². The average Bonchev–Trinajstić information content (AvgIpc) is 2.56. The highest BCUT2D eigenvalue weighted by Crippen LogP contribution is 2.20. The Hall–Kier alpha value is -1.86. The highest BCUT2D eigenvalue weighted by atomic mass is 19.1. The Kier molecular flexibility index (Phi) is 4.44. The second-order valence-electron chi connectivity index (χ2n) is 5.32. The van der Waals surface area contributed by atoms with Crippen molar-refractivity contribution in [3.8, 4) is 0 Å². The van der Waals surface area contributed by atoms with Gasteiger partial charge in [-0.05, 0) is 12.1 Å². The summed E-state index contributed by atoms with van der Waals surface area (Å²) >= 11 is 0. The maximum absolute atomic E-state index is 13.9. The predicted molar refractivity (Wildman–Crippen MR) is 78.7 cm³/mol. The molecule has 0 N–H and O–H groups in total. The molecular formula is C15H18F2N4O. The van der Waals surface area contributed by atoms with E-state index < -0.39 is 12.5 Å². The van der Waals surface area contributed by atoms with Crippen molar-refractivity contribution in [2.45, 2.75) is 12.3 Å². The van der Waals surface area contributed by atoms with Crippen molar-refractivity contribution in [2.24, 2.45) is 4.99 Å². The molecule has 1 aromatic rings. The number of ether oxygens (including phenoxy) is 1. The lowest BCUT2D eigenvalue weighted by Gasteiger charge is -2.42. The van der Waals surface area contributed by atoms with Gasteiger partial charge in [0.15, 0.2) is 12.1 Å². The van der Waals surface area contributed by atoms with Crippen molar-refractivity contribution in [2.75, 3.05) is 33.5 Å². The zero-order valence-corrected chi connectivity index (χ0v) is 12.3. The fourth-order valence-corrected chi connectivity index (χ4v) is 2.68. The van der Waals surface area contributed by atoms with Gasteiger partial charge in [-0.2, -0.15) is 0 Å². The van der Waals surface area contributed by atoms with Crippen molar-refractivity contribution in [1.29, 1.82) is 0 Å². The number of halogens is 2. The standard InChI is InChI=1S/C15H18F2N4O/c1-20-5-3-14(12-2-4-18-9-13(12)17)19-15(20)21-6-7-22-10-11(21)8-16/h2-5,9,11,15H,6-8,10H2,1H3/t11-,15?/m1/s1. The first-order valence-corrected chi connectivity index (χ1v) is 7.18. The van der Waals surface area contributed by atoms with Crippen LogP contribution in [0.25, 0.3) is 0 Å². The summed E-state index contributed by atoms with van der Waals surface area (Å²) in [5.74, 6) is -0.418. The topological polar surface area (TPSA) is 41.0 Å². The third-order valence-electron chi connectivity index (χ3n) is 3.88. The molecule has 1 unspecified atom stereocenters. The molecule has 1 saturated heterocycles. The normalized spacial score (nSPS) is 26.1. The molecule has 0 aliphatic carbocycles. The van der Waals surface area contributed by atoms with E-state index in [0.29, 0.717) is 31.0 Å². The molecule has 0 radical (unpaired) electrons. The molecule has 3 heterocycles. The fourth-order valence-electron chi connectivity index (χ4n) is 2.68. The summed E-state index contributed by atoms with van der Waals surface area (Å²) in [7, 11) is 1.87. The van der Waals surface area contributed by atoms with Crippen molar-refractivity contribution < 1.29 is 13.5 Å². The van der Waals surface area contributed by atoms with Crippen molar-refractivity contribution >= 4 is 5.71 Å². The molecule has 2 atom stereocenters. The van der Waals surface area contributed by atoms with E-state index >= 15 is 0 Å². The van der Waals surface area contributed by atoms with E-state index in [9.17, 15) is 8.78 Å². The van der Waals surface area contributed by atoms with Gasteiger partial charge in [0.1, 0.15) is 6.67 Å². The summed E-state index contributed by atoms with van der Waals surface area (Å²) in [4.78, 5) is 12.2. The van der Waals surface area contributed by atoms with Gasteiger partial charge >= 0.3 is 0 Å². The molecule has 1 fully saturated rings. The second kappa shape index (κ2) is 6.50. The average molecular weight is 308 g/mol.